The third kappa shape index (κ3) is 3.98. The largest absolute Gasteiger partial charge is 0.478 e. The zero-order chi connectivity index (χ0) is 23.2. The van der Waals surface area contributed by atoms with E-state index in [0.29, 0.717) is 30.0 Å². The number of aliphatic hydroxyl groups excluding tert-OH is 1. The molecule has 0 aliphatic carbocycles. The number of amides is 2. The van der Waals surface area contributed by atoms with Gasteiger partial charge in [0.15, 0.2) is 0 Å². The molecule has 4 rings (SSSR count). The van der Waals surface area contributed by atoms with Crippen LogP contribution in [0.5, 0.6) is 0 Å². The number of aliphatic hydroxyl groups is 1. The van der Waals surface area contributed by atoms with Crippen LogP contribution < -0.4 is 10.6 Å². The number of fused-ring (bicyclic) bond motifs is 1. The quantitative estimate of drug-likeness (QED) is 0.369. The fourth-order valence-corrected chi connectivity index (χ4v) is 5.92. The van der Waals surface area contributed by atoms with Crippen molar-refractivity contribution in [3.05, 3.63) is 40.4 Å². The van der Waals surface area contributed by atoms with E-state index in [4.69, 9.17) is 5.11 Å². The molecule has 0 saturated carbocycles. The highest BCUT2D eigenvalue weighted by Crippen LogP contribution is 2.48. The minimum atomic E-state index is -1.18. The predicted molar refractivity (Wildman–Crippen MR) is 115 cm³/mol. The summed E-state index contributed by atoms with van der Waals surface area (Å²) >= 11 is 1.35. The Labute approximate surface area is 187 Å². The molecular formula is C21H23N3O7S. The Balaban J connectivity index is 1.39. The van der Waals surface area contributed by atoms with Crippen molar-refractivity contribution in [1.82, 2.24) is 10.2 Å². The summed E-state index contributed by atoms with van der Waals surface area (Å²) in [6, 6.07) is 5.11. The molecule has 2 saturated heterocycles. The molecule has 5 N–H and O–H groups in total. The van der Waals surface area contributed by atoms with Crippen LogP contribution in [0.3, 0.4) is 0 Å². The Hall–Kier alpha value is -2.89. The highest BCUT2D eigenvalue weighted by molar-refractivity contribution is 8.03. The van der Waals surface area contributed by atoms with Crippen molar-refractivity contribution in [3.8, 4) is 0 Å². The Morgan fingerprint density at radius 3 is 2.66 bits per heavy atom. The maximum atomic E-state index is 12.6. The molecule has 3 aliphatic rings. The minimum absolute atomic E-state index is 0.0275. The number of hydrogen-bond acceptors (Lipinski definition) is 7. The monoisotopic (exact) mass is 461 g/mol. The van der Waals surface area contributed by atoms with Gasteiger partial charge >= 0.3 is 11.9 Å². The van der Waals surface area contributed by atoms with Gasteiger partial charge in [0.05, 0.1) is 29.7 Å². The first kappa shape index (κ1) is 22.3. The number of carboxylic acids is 2. The molecule has 10 nitrogen and oxygen atoms in total. The van der Waals surface area contributed by atoms with E-state index >= 15 is 0 Å². The van der Waals surface area contributed by atoms with Crippen molar-refractivity contribution >= 4 is 41.2 Å². The average molecular weight is 461 g/mol. The molecule has 1 aromatic carbocycles. The third-order valence-corrected chi connectivity index (χ3v) is 7.32. The molecule has 11 heteroatoms. The van der Waals surface area contributed by atoms with Crippen LogP contribution in [-0.4, -0.2) is 74.0 Å². The van der Waals surface area contributed by atoms with Crippen LogP contribution >= 0.6 is 11.8 Å². The van der Waals surface area contributed by atoms with E-state index in [9.17, 15) is 29.4 Å². The van der Waals surface area contributed by atoms with Gasteiger partial charge in [-0.3, -0.25) is 9.59 Å². The van der Waals surface area contributed by atoms with E-state index in [1.54, 1.807) is 12.1 Å². The number of aromatic carboxylic acids is 1. The van der Waals surface area contributed by atoms with Crippen LogP contribution in [0.4, 0.5) is 5.69 Å². The number of hydrogen-bond donors (Lipinski definition) is 5. The van der Waals surface area contributed by atoms with Crippen LogP contribution in [0.2, 0.25) is 0 Å². The highest BCUT2D eigenvalue weighted by Gasteiger charge is 2.57. The van der Waals surface area contributed by atoms with Gasteiger partial charge in [-0.2, -0.15) is 0 Å². The molecule has 1 aromatic rings. The molecule has 0 aromatic heterocycles. The highest BCUT2D eigenvalue weighted by atomic mass is 32.2. The topological polar surface area (TPSA) is 156 Å². The lowest BCUT2D eigenvalue weighted by Crippen LogP contribution is -2.61. The molecule has 0 spiro atoms. The number of thioether (sulfide) groups is 1. The zero-order valence-electron chi connectivity index (χ0n) is 17.1. The van der Waals surface area contributed by atoms with Crippen LogP contribution in [0.1, 0.15) is 30.1 Å². The number of rotatable bonds is 7. The molecule has 3 aliphatic heterocycles. The van der Waals surface area contributed by atoms with Gasteiger partial charge in [-0.05, 0) is 31.5 Å². The molecule has 32 heavy (non-hydrogen) atoms. The molecule has 5 atom stereocenters. The van der Waals surface area contributed by atoms with Crippen molar-refractivity contribution in [2.24, 2.45) is 5.92 Å². The van der Waals surface area contributed by atoms with Crippen molar-refractivity contribution in [1.29, 1.82) is 0 Å². The van der Waals surface area contributed by atoms with Crippen molar-refractivity contribution in [2.75, 3.05) is 11.9 Å². The number of anilines is 1. The van der Waals surface area contributed by atoms with E-state index in [-0.39, 0.29) is 34.4 Å². The summed E-state index contributed by atoms with van der Waals surface area (Å²) in [5.74, 6) is -3.53. The minimum Gasteiger partial charge on any atom is -0.478 e. The first-order valence-corrected chi connectivity index (χ1v) is 11.1. The number of β-lactam (4-membered cyclic amide) rings is 1. The van der Waals surface area contributed by atoms with Crippen molar-refractivity contribution < 1.29 is 34.5 Å². The summed E-state index contributed by atoms with van der Waals surface area (Å²) in [4.78, 5) is 49.7. The Morgan fingerprint density at radius 1 is 1.25 bits per heavy atom. The Bertz CT molecular complexity index is 1020. The van der Waals surface area contributed by atoms with Crippen LogP contribution in [0.25, 0.3) is 0 Å². The second kappa shape index (κ2) is 8.57. The summed E-state index contributed by atoms with van der Waals surface area (Å²) in [6.07, 6.45) is -0.0172. The maximum absolute atomic E-state index is 12.6. The number of carboxylic acid groups (broad SMARTS) is 2. The maximum Gasteiger partial charge on any atom is 0.353 e. The molecular weight excluding hydrogens is 438 g/mol. The summed E-state index contributed by atoms with van der Waals surface area (Å²) in [5, 5.41) is 34.3. The second-order valence-electron chi connectivity index (χ2n) is 8.13. The van der Waals surface area contributed by atoms with Gasteiger partial charge < -0.3 is 30.9 Å². The van der Waals surface area contributed by atoms with Gasteiger partial charge in [0.2, 0.25) is 11.8 Å². The van der Waals surface area contributed by atoms with E-state index in [1.807, 2.05) is 0 Å². The Kier molecular flexibility index (Phi) is 5.97. The summed E-state index contributed by atoms with van der Waals surface area (Å²) in [6.45, 7) is 2.01. The molecule has 0 bridgehead atoms. The summed E-state index contributed by atoms with van der Waals surface area (Å²) in [7, 11) is 0. The van der Waals surface area contributed by atoms with E-state index in [1.165, 1.54) is 35.7 Å². The third-order valence-electron chi connectivity index (χ3n) is 5.98. The van der Waals surface area contributed by atoms with E-state index < -0.39 is 30.0 Å². The van der Waals surface area contributed by atoms with E-state index in [0.717, 1.165) is 0 Å². The lowest BCUT2D eigenvalue weighted by atomic mass is 9.83. The number of carbonyl (C=O) groups is 4. The number of carbonyl (C=O) groups excluding carboxylic acids is 2. The van der Waals surface area contributed by atoms with Crippen LogP contribution in [0, 0.1) is 5.92 Å². The fraction of sp³-hybridized carbons (Fsp3) is 0.429. The molecule has 170 valence electrons. The molecule has 2 amide bonds. The van der Waals surface area contributed by atoms with Gasteiger partial charge in [0.1, 0.15) is 5.70 Å². The van der Waals surface area contributed by atoms with Crippen molar-refractivity contribution in [3.63, 3.8) is 0 Å². The van der Waals surface area contributed by atoms with Gasteiger partial charge in [0, 0.05) is 28.8 Å². The summed E-state index contributed by atoms with van der Waals surface area (Å²) < 4.78 is 0. The SMILES string of the molecule is CC(O)C1C(=O)N2C(C(=O)O)=C(SC3CNC(C(=O)Nc4cccc(C(=O)O)c4)C3)CC12. The molecule has 0 radical (unpaired) electrons. The number of benzene rings is 1. The smallest absolute Gasteiger partial charge is 0.353 e. The van der Waals surface area contributed by atoms with Crippen molar-refractivity contribution in [2.45, 2.75) is 43.2 Å². The zero-order valence-corrected chi connectivity index (χ0v) is 18.0. The second-order valence-corrected chi connectivity index (χ2v) is 9.53. The first-order valence-electron chi connectivity index (χ1n) is 10.2. The first-order chi connectivity index (χ1) is 15.2. The number of aliphatic carboxylic acids is 1. The average Bonchev–Trinajstić information content (AvgIpc) is 3.31. The molecule has 3 heterocycles. The normalized spacial score (nSPS) is 27.7. The van der Waals surface area contributed by atoms with E-state index in [2.05, 4.69) is 10.6 Å². The molecule has 5 unspecified atom stereocenters. The summed E-state index contributed by atoms with van der Waals surface area (Å²) in [5.41, 5.74) is 0.423. The predicted octanol–water partition coefficient (Wildman–Crippen LogP) is 0.695. The standard InChI is InChI=1S/C21H23N3O7S/c1-9(25)16-14-7-15(17(21(30)31)24(14)19(16)27)32-12-6-13(22-8-12)18(26)23-11-4-2-3-10(5-11)20(28)29/h2-5,9,12-14,16,22,25H,6-8H2,1H3,(H,23,26)(H,28,29)(H,30,31). The van der Waals surface area contributed by atoms with Crippen LogP contribution in [-0.2, 0) is 14.4 Å². The van der Waals surface area contributed by atoms with Gasteiger partial charge in [-0.1, -0.05) is 6.07 Å². The fourth-order valence-electron chi connectivity index (χ4n) is 4.49. The van der Waals surface area contributed by atoms with Gasteiger partial charge in [-0.15, -0.1) is 11.8 Å². The number of nitrogens with zero attached hydrogens (tertiary/aromatic N) is 1. The lowest BCUT2D eigenvalue weighted by Gasteiger charge is -2.44. The lowest BCUT2D eigenvalue weighted by molar-refractivity contribution is -0.161. The molecule has 2 fully saturated rings. The number of nitrogens with one attached hydrogen (secondary N) is 2. The van der Waals surface area contributed by atoms with Gasteiger partial charge in [-0.25, -0.2) is 9.59 Å². The Morgan fingerprint density at radius 2 is 2.00 bits per heavy atom. The van der Waals surface area contributed by atoms with Gasteiger partial charge in [0.25, 0.3) is 0 Å². The van der Waals surface area contributed by atoms with Crippen LogP contribution in [0.15, 0.2) is 34.9 Å².